The van der Waals surface area contributed by atoms with Crippen LogP contribution in [0.5, 0.6) is 0 Å². The second kappa shape index (κ2) is 8.14. The number of carbonyl (C=O) groups excluding carboxylic acids is 4. The molecule has 0 amide bonds. The minimum atomic E-state index is -1.15. The van der Waals surface area contributed by atoms with Gasteiger partial charge < -0.3 is 19.7 Å². The molecule has 2 fully saturated rings. The quantitative estimate of drug-likeness (QED) is 0.359. The lowest BCUT2D eigenvalue weighted by molar-refractivity contribution is -0.169. The highest BCUT2D eigenvalue weighted by molar-refractivity contribution is 5.90. The molecule has 138 valence electrons. The van der Waals surface area contributed by atoms with Crippen molar-refractivity contribution in [3.8, 4) is 0 Å². The number of carbonyl (C=O) groups is 5. The molecular weight excluding hydrogens is 340 g/mol. The van der Waals surface area contributed by atoms with Gasteiger partial charge in [-0.05, 0) is 5.92 Å². The van der Waals surface area contributed by atoms with E-state index in [4.69, 9.17) is 5.11 Å². The zero-order chi connectivity index (χ0) is 18.6. The van der Waals surface area contributed by atoms with Crippen molar-refractivity contribution in [2.75, 3.05) is 39.3 Å². The molecule has 0 bridgehead atoms. The Hall–Kier alpha value is -2.37. The summed E-state index contributed by atoms with van der Waals surface area (Å²) >= 11 is 0. The van der Waals surface area contributed by atoms with E-state index in [0.29, 0.717) is 0 Å². The topological polar surface area (TPSA) is 151 Å². The summed E-state index contributed by atoms with van der Waals surface area (Å²) in [5.41, 5.74) is 0. The Bertz CT molecular complexity index is 559. The number of nitrogens with zero attached hydrogens (tertiary/aromatic N) is 2. The van der Waals surface area contributed by atoms with Gasteiger partial charge in [0, 0.05) is 12.6 Å². The van der Waals surface area contributed by atoms with E-state index >= 15 is 0 Å². The molecule has 2 atom stereocenters. The number of rotatable bonds is 7. The number of carboxylic acid groups (broad SMARTS) is 1. The van der Waals surface area contributed by atoms with Crippen molar-refractivity contribution >= 4 is 29.8 Å². The number of aliphatic hydroxyl groups is 1. The van der Waals surface area contributed by atoms with Gasteiger partial charge in [-0.2, -0.15) is 0 Å². The van der Waals surface area contributed by atoms with E-state index in [0.717, 1.165) is 0 Å². The van der Waals surface area contributed by atoms with Gasteiger partial charge in [-0.3, -0.25) is 33.8 Å². The Morgan fingerprint density at radius 3 is 1.88 bits per heavy atom. The highest BCUT2D eigenvalue weighted by atomic mass is 16.6. The minimum absolute atomic E-state index is 0.00188. The molecule has 2 rings (SSSR count). The van der Waals surface area contributed by atoms with E-state index in [1.54, 1.807) is 0 Å². The predicted octanol–water partition coefficient (Wildman–Crippen LogP) is -2.79. The average molecular weight is 358 g/mol. The molecule has 2 aliphatic rings. The van der Waals surface area contributed by atoms with Gasteiger partial charge in [-0.25, -0.2) is 0 Å². The highest BCUT2D eigenvalue weighted by Gasteiger charge is 2.37. The summed E-state index contributed by atoms with van der Waals surface area (Å²) in [4.78, 5) is 59.5. The molecule has 11 nitrogen and oxygen atoms in total. The molecule has 0 radical (unpaired) electrons. The molecular formula is C14H18N2O9. The van der Waals surface area contributed by atoms with Gasteiger partial charge in [0.05, 0.1) is 39.2 Å². The van der Waals surface area contributed by atoms with Crippen molar-refractivity contribution < 1.29 is 43.7 Å². The predicted molar refractivity (Wildman–Crippen MR) is 76.8 cm³/mol. The third-order valence-electron chi connectivity index (χ3n) is 3.95. The van der Waals surface area contributed by atoms with Gasteiger partial charge in [-0.15, -0.1) is 0 Å². The van der Waals surface area contributed by atoms with Gasteiger partial charge in [0.2, 0.25) is 0 Å². The number of carboxylic acids is 1. The molecule has 2 saturated heterocycles. The number of hydrogen-bond donors (Lipinski definition) is 2. The van der Waals surface area contributed by atoms with Crippen molar-refractivity contribution in [3.05, 3.63) is 0 Å². The van der Waals surface area contributed by atoms with E-state index in [1.165, 1.54) is 9.80 Å². The molecule has 0 aromatic rings. The van der Waals surface area contributed by atoms with Crippen molar-refractivity contribution in [2.45, 2.75) is 12.5 Å². The molecule has 25 heavy (non-hydrogen) atoms. The van der Waals surface area contributed by atoms with Gasteiger partial charge in [0.15, 0.2) is 0 Å². The van der Waals surface area contributed by atoms with E-state index in [2.05, 4.69) is 9.47 Å². The monoisotopic (exact) mass is 358 g/mol. The Balaban J connectivity index is 2.14. The van der Waals surface area contributed by atoms with Crippen LogP contribution in [-0.2, 0) is 33.4 Å². The largest absolute Gasteiger partial charge is 0.481 e. The highest BCUT2D eigenvalue weighted by Crippen LogP contribution is 2.20. The number of morpholine rings is 2. The summed E-state index contributed by atoms with van der Waals surface area (Å²) in [5, 5.41) is 18.8. The maximum Gasteiger partial charge on any atom is 0.327 e. The van der Waals surface area contributed by atoms with Crippen molar-refractivity contribution in [2.24, 2.45) is 5.92 Å². The van der Waals surface area contributed by atoms with E-state index in [9.17, 15) is 29.1 Å². The van der Waals surface area contributed by atoms with Crippen LogP contribution in [0.25, 0.3) is 0 Å². The van der Waals surface area contributed by atoms with Crippen LogP contribution in [0.2, 0.25) is 0 Å². The number of cyclic esters (lactones) is 4. The lowest BCUT2D eigenvalue weighted by atomic mass is 9.93. The fourth-order valence-electron chi connectivity index (χ4n) is 3.00. The van der Waals surface area contributed by atoms with Crippen LogP contribution in [0, 0.1) is 5.92 Å². The SMILES string of the molecule is O=C(O)CC(CN1CC(=O)OC(=O)C1)C(CO)N1CC(=O)OC(=O)C1. The normalized spacial score (nSPS) is 22.3. The molecule has 2 unspecified atom stereocenters. The Morgan fingerprint density at radius 1 is 0.960 bits per heavy atom. The standard InChI is InChI=1S/C14H18N2O9/c17-7-9(16-5-13(22)25-14(23)6-16)8(1-10(18)19)2-15-3-11(20)24-12(21)4-15/h8-9,17H,1-7H2,(H,18,19). The Morgan fingerprint density at radius 2 is 1.44 bits per heavy atom. The fourth-order valence-corrected chi connectivity index (χ4v) is 3.00. The summed E-state index contributed by atoms with van der Waals surface area (Å²) in [6, 6.07) is -0.832. The first kappa shape index (κ1) is 19.0. The second-order valence-corrected chi connectivity index (χ2v) is 5.87. The zero-order valence-corrected chi connectivity index (χ0v) is 13.3. The van der Waals surface area contributed by atoms with Crippen molar-refractivity contribution in [1.29, 1.82) is 0 Å². The molecule has 0 aromatic carbocycles. The maximum atomic E-state index is 11.4. The molecule has 0 aliphatic carbocycles. The Labute approximate surface area is 142 Å². The van der Waals surface area contributed by atoms with Crippen LogP contribution in [0.3, 0.4) is 0 Å². The molecule has 2 heterocycles. The molecule has 0 saturated carbocycles. The molecule has 11 heteroatoms. The molecule has 0 spiro atoms. The van der Waals surface area contributed by atoms with Crippen LogP contribution in [-0.4, -0.2) is 95.2 Å². The first-order chi connectivity index (χ1) is 11.8. The van der Waals surface area contributed by atoms with Crippen LogP contribution in [0.15, 0.2) is 0 Å². The van der Waals surface area contributed by atoms with Crippen molar-refractivity contribution in [1.82, 2.24) is 9.80 Å². The van der Waals surface area contributed by atoms with Crippen LogP contribution in [0.1, 0.15) is 6.42 Å². The maximum absolute atomic E-state index is 11.4. The zero-order valence-electron chi connectivity index (χ0n) is 13.3. The first-order valence-corrected chi connectivity index (χ1v) is 7.54. The fraction of sp³-hybridized carbons (Fsp3) is 0.643. The summed E-state index contributed by atoms with van der Waals surface area (Å²) in [7, 11) is 0. The van der Waals surface area contributed by atoms with Crippen LogP contribution in [0.4, 0.5) is 0 Å². The number of aliphatic hydroxyl groups excluding tert-OH is 1. The van der Waals surface area contributed by atoms with Crippen LogP contribution < -0.4 is 0 Å². The summed E-state index contributed by atoms with van der Waals surface area (Å²) < 4.78 is 8.83. The minimum Gasteiger partial charge on any atom is -0.481 e. The van der Waals surface area contributed by atoms with E-state index < -0.39 is 48.4 Å². The Kier molecular flexibility index (Phi) is 6.17. The molecule has 0 aromatic heterocycles. The number of ether oxygens (including phenoxy) is 2. The van der Waals surface area contributed by atoms with Gasteiger partial charge >= 0.3 is 29.8 Å². The second-order valence-electron chi connectivity index (χ2n) is 5.87. The number of esters is 4. The number of aliphatic carboxylic acids is 1. The third-order valence-corrected chi connectivity index (χ3v) is 3.95. The smallest absolute Gasteiger partial charge is 0.327 e. The number of hydrogen-bond acceptors (Lipinski definition) is 10. The van der Waals surface area contributed by atoms with E-state index in [-0.39, 0.29) is 39.1 Å². The summed E-state index contributed by atoms with van der Waals surface area (Å²) in [6.07, 6.45) is -0.384. The summed E-state index contributed by atoms with van der Waals surface area (Å²) in [6.45, 7) is -1.44. The average Bonchev–Trinajstić information content (AvgIpc) is 2.45. The third kappa shape index (κ3) is 5.31. The van der Waals surface area contributed by atoms with E-state index in [1.807, 2.05) is 0 Å². The van der Waals surface area contributed by atoms with Gasteiger partial charge in [-0.1, -0.05) is 0 Å². The van der Waals surface area contributed by atoms with Crippen LogP contribution >= 0.6 is 0 Å². The van der Waals surface area contributed by atoms with Crippen molar-refractivity contribution in [3.63, 3.8) is 0 Å². The molecule has 2 aliphatic heterocycles. The lowest BCUT2D eigenvalue weighted by Gasteiger charge is -2.38. The lowest BCUT2D eigenvalue weighted by Crippen LogP contribution is -2.55. The van der Waals surface area contributed by atoms with Gasteiger partial charge in [0.25, 0.3) is 0 Å². The molecule has 2 N–H and O–H groups in total. The summed E-state index contributed by atoms with van der Waals surface area (Å²) in [5.74, 6) is -4.97. The van der Waals surface area contributed by atoms with Gasteiger partial charge in [0.1, 0.15) is 0 Å². The first-order valence-electron chi connectivity index (χ1n) is 7.54.